The molecule has 0 fully saturated rings. The van der Waals surface area contributed by atoms with E-state index in [1.54, 1.807) is 30.7 Å². The van der Waals surface area contributed by atoms with Crippen molar-refractivity contribution in [2.45, 2.75) is 20.4 Å². The highest BCUT2D eigenvalue weighted by molar-refractivity contribution is 6.15. The number of benzene rings is 1. The first-order chi connectivity index (χ1) is 15.7. The topological polar surface area (TPSA) is 154 Å². The molecule has 3 aromatic heterocycles. The molecule has 3 heterocycles. The van der Waals surface area contributed by atoms with Gasteiger partial charge in [0.15, 0.2) is 0 Å². The fourth-order valence-electron chi connectivity index (χ4n) is 3.87. The van der Waals surface area contributed by atoms with Crippen LogP contribution in [0.1, 0.15) is 43.5 Å². The second-order valence-corrected chi connectivity index (χ2v) is 7.45. The van der Waals surface area contributed by atoms with E-state index in [-0.39, 0.29) is 28.9 Å². The number of amides is 2. The zero-order valence-electron chi connectivity index (χ0n) is 17.8. The Hall–Kier alpha value is -4.65. The van der Waals surface area contributed by atoms with Crippen molar-refractivity contribution in [1.82, 2.24) is 19.7 Å². The molecule has 0 atom stereocenters. The summed E-state index contributed by atoms with van der Waals surface area (Å²) in [5.41, 5.74) is 14.0. The summed E-state index contributed by atoms with van der Waals surface area (Å²) in [6.45, 7) is 3.77. The summed E-state index contributed by atoms with van der Waals surface area (Å²) in [6.07, 6.45) is 1.46. The molecule has 0 saturated heterocycles. The van der Waals surface area contributed by atoms with Crippen molar-refractivity contribution in [3.63, 3.8) is 0 Å². The first-order valence-electron chi connectivity index (χ1n) is 9.83. The van der Waals surface area contributed by atoms with E-state index in [9.17, 15) is 14.0 Å². The largest absolute Gasteiger partial charge is 0.366 e. The van der Waals surface area contributed by atoms with Crippen molar-refractivity contribution in [3.05, 3.63) is 76.2 Å². The lowest BCUT2D eigenvalue weighted by atomic mass is 9.92. The van der Waals surface area contributed by atoms with E-state index in [4.69, 9.17) is 16.7 Å². The Bertz CT molecular complexity index is 1480. The van der Waals surface area contributed by atoms with Crippen LogP contribution in [-0.2, 0) is 6.54 Å². The molecule has 0 aliphatic heterocycles. The first-order valence-corrected chi connectivity index (χ1v) is 9.83. The number of primary amides is 2. The molecule has 2 amide bonds. The Labute approximate surface area is 187 Å². The third kappa shape index (κ3) is 3.76. The summed E-state index contributed by atoms with van der Waals surface area (Å²) in [5.74, 6) is -2.28. The van der Waals surface area contributed by atoms with Crippen LogP contribution in [-0.4, -0.2) is 31.6 Å². The minimum absolute atomic E-state index is 0.0102. The second kappa shape index (κ2) is 8.12. The highest BCUT2D eigenvalue weighted by Crippen LogP contribution is 2.36. The van der Waals surface area contributed by atoms with E-state index in [1.807, 2.05) is 6.07 Å². The van der Waals surface area contributed by atoms with Gasteiger partial charge in [0.05, 0.1) is 34.6 Å². The van der Waals surface area contributed by atoms with Crippen LogP contribution >= 0.6 is 0 Å². The predicted octanol–water partition coefficient (Wildman–Crippen LogP) is 2.37. The van der Waals surface area contributed by atoms with Gasteiger partial charge in [0.2, 0.25) is 5.91 Å². The lowest BCUT2D eigenvalue weighted by Gasteiger charge is -2.15. The monoisotopic (exact) mass is 443 g/mol. The Morgan fingerprint density at radius 1 is 1.12 bits per heavy atom. The Balaban J connectivity index is 1.97. The molecule has 10 heteroatoms. The number of carbonyl (C=O) groups excluding carboxylic acids is 2. The molecule has 0 saturated carbocycles. The van der Waals surface area contributed by atoms with Crippen molar-refractivity contribution >= 4 is 22.7 Å². The van der Waals surface area contributed by atoms with E-state index < -0.39 is 17.6 Å². The fourth-order valence-corrected chi connectivity index (χ4v) is 3.87. The number of aromatic nitrogens is 4. The number of fused-ring (bicyclic) bond motifs is 1. The molecule has 4 N–H and O–H groups in total. The first kappa shape index (κ1) is 21.6. The van der Waals surface area contributed by atoms with Crippen LogP contribution in [0.25, 0.3) is 22.0 Å². The molecule has 0 spiro atoms. The lowest BCUT2D eigenvalue weighted by Crippen LogP contribution is -2.21. The summed E-state index contributed by atoms with van der Waals surface area (Å²) >= 11 is 0. The summed E-state index contributed by atoms with van der Waals surface area (Å²) in [5, 5.41) is 13.8. The molecule has 33 heavy (non-hydrogen) atoms. The molecule has 4 rings (SSSR count). The molecule has 4 aromatic rings. The normalized spacial score (nSPS) is 10.8. The number of pyridine rings is 2. The van der Waals surface area contributed by atoms with Crippen molar-refractivity contribution < 1.29 is 14.0 Å². The number of hydrogen-bond acceptors (Lipinski definition) is 6. The van der Waals surface area contributed by atoms with Gasteiger partial charge in [-0.3, -0.25) is 19.3 Å². The van der Waals surface area contributed by atoms with Crippen molar-refractivity contribution in [2.24, 2.45) is 11.5 Å². The van der Waals surface area contributed by atoms with E-state index in [0.717, 1.165) is 6.07 Å². The maximum Gasteiger partial charge on any atom is 0.267 e. The maximum atomic E-state index is 13.8. The molecule has 9 nitrogen and oxygen atoms in total. The summed E-state index contributed by atoms with van der Waals surface area (Å²) in [4.78, 5) is 33.4. The Morgan fingerprint density at radius 3 is 2.48 bits per heavy atom. The van der Waals surface area contributed by atoms with Crippen LogP contribution in [0.3, 0.4) is 0 Å². The van der Waals surface area contributed by atoms with Crippen LogP contribution in [0, 0.1) is 31.0 Å². The van der Waals surface area contributed by atoms with Gasteiger partial charge in [-0.2, -0.15) is 10.4 Å². The Morgan fingerprint density at radius 2 is 1.88 bits per heavy atom. The summed E-state index contributed by atoms with van der Waals surface area (Å²) in [6, 6.07) is 9.06. The lowest BCUT2D eigenvalue weighted by molar-refractivity contribution is 0.0996. The second-order valence-electron chi connectivity index (χ2n) is 7.45. The maximum absolute atomic E-state index is 13.8. The number of carbonyl (C=O) groups is 2. The van der Waals surface area contributed by atoms with Gasteiger partial charge in [0.25, 0.3) is 5.91 Å². The van der Waals surface area contributed by atoms with Gasteiger partial charge in [0.1, 0.15) is 17.6 Å². The van der Waals surface area contributed by atoms with Crippen LogP contribution in [0.4, 0.5) is 4.39 Å². The zero-order valence-corrected chi connectivity index (χ0v) is 17.8. The fraction of sp³-hybridized carbons (Fsp3) is 0.130. The molecule has 0 radical (unpaired) electrons. The molecular weight excluding hydrogens is 425 g/mol. The van der Waals surface area contributed by atoms with Gasteiger partial charge in [-0.05, 0) is 38.1 Å². The van der Waals surface area contributed by atoms with Crippen molar-refractivity contribution in [1.29, 1.82) is 5.26 Å². The number of rotatable bonds is 5. The molecular formula is C23H18FN7O2. The van der Waals surface area contributed by atoms with Crippen LogP contribution < -0.4 is 11.5 Å². The number of halogens is 1. The number of nitrogens with zero attached hydrogens (tertiary/aromatic N) is 5. The minimum atomic E-state index is -0.890. The standard InChI is InChI=1S/C23H18FN7O2/c1-11-18(12(2)31(30-11)10-15-5-3-13(8-25)9-28-15)20-19(22(26)32)16-6-4-14(24)7-17(16)29-21(20)23(27)33/h3-7,9H,10H2,1-2H3,(H2,26,32)(H2,27,33). The van der Waals surface area contributed by atoms with Gasteiger partial charge in [0, 0.05) is 34.5 Å². The SMILES string of the molecule is Cc1nn(Cc2ccc(C#N)cn2)c(C)c1-c1c(C(N)=O)nc2cc(F)ccc2c1C(N)=O. The van der Waals surface area contributed by atoms with Gasteiger partial charge in [-0.25, -0.2) is 9.37 Å². The molecule has 164 valence electrons. The highest BCUT2D eigenvalue weighted by Gasteiger charge is 2.27. The average molecular weight is 443 g/mol. The quantitative estimate of drug-likeness (QED) is 0.483. The van der Waals surface area contributed by atoms with Crippen molar-refractivity contribution in [3.8, 4) is 17.2 Å². The predicted molar refractivity (Wildman–Crippen MR) is 117 cm³/mol. The smallest absolute Gasteiger partial charge is 0.267 e. The molecule has 0 unspecified atom stereocenters. The number of aryl methyl sites for hydroxylation is 1. The summed E-state index contributed by atoms with van der Waals surface area (Å²) in [7, 11) is 0. The van der Waals surface area contributed by atoms with Gasteiger partial charge in [-0.15, -0.1) is 0 Å². The molecule has 0 aliphatic carbocycles. The van der Waals surface area contributed by atoms with E-state index in [2.05, 4.69) is 15.1 Å². The number of hydrogen-bond donors (Lipinski definition) is 2. The third-order valence-corrected chi connectivity index (χ3v) is 5.33. The van der Waals surface area contributed by atoms with E-state index in [1.165, 1.54) is 18.3 Å². The van der Waals surface area contributed by atoms with E-state index >= 15 is 0 Å². The number of nitrogens with two attached hydrogens (primary N) is 2. The average Bonchev–Trinajstić information content (AvgIpc) is 3.05. The summed E-state index contributed by atoms with van der Waals surface area (Å²) < 4.78 is 15.5. The van der Waals surface area contributed by atoms with Gasteiger partial charge >= 0.3 is 0 Å². The Kier molecular flexibility index (Phi) is 5.31. The zero-order chi connectivity index (χ0) is 23.9. The van der Waals surface area contributed by atoms with Crippen LogP contribution in [0.15, 0.2) is 36.5 Å². The molecule has 0 bridgehead atoms. The van der Waals surface area contributed by atoms with Crippen LogP contribution in [0.5, 0.6) is 0 Å². The van der Waals surface area contributed by atoms with Crippen molar-refractivity contribution in [2.75, 3.05) is 0 Å². The van der Waals surface area contributed by atoms with Gasteiger partial charge < -0.3 is 11.5 Å². The minimum Gasteiger partial charge on any atom is -0.366 e. The molecule has 0 aliphatic rings. The van der Waals surface area contributed by atoms with Gasteiger partial charge in [-0.1, -0.05) is 0 Å². The highest BCUT2D eigenvalue weighted by atomic mass is 19.1. The van der Waals surface area contributed by atoms with E-state index in [0.29, 0.717) is 33.6 Å². The van der Waals surface area contributed by atoms with Crippen LogP contribution in [0.2, 0.25) is 0 Å². The molecule has 1 aromatic carbocycles. The third-order valence-electron chi connectivity index (χ3n) is 5.33. The number of nitriles is 1.